The summed E-state index contributed by atoms with van der Waals surface area (Å²) < 4.78 is 57.7. The maximum atomic E-state index is 11.9. The second-order valence-electron chi connectivity index (χ2n) is 6.10. The van der Waals surface area contributed by atoms with Gasteiger partial charge >= 0.3 is 0 Å². The van der Waals surface area contributed by atoms with E-state index < -0.39 is 43.9 Å². The lowest BCUT2D eigenvalue weighted by atomic mass is 10.1. The summed E-state index contributed by atoms with van der Waals surface area (Å²) in [4.78, 5) is 0. The molecular formula is C14H30O6S2. The molecule has 2 atom stereocenters. The fourth-order valence-corrected chi connectivity index (χ4v) is 5.27. The summed E-state index contributed by atoms with van der Waals surface area (Å²) in [7, 11) is -7.79. The summed E-state index contributed by atoms with van der Waals surface area (Å²) >= 11 is 0. The monoisotopic (exact) mass is 358 g/mol. The highest BCUT2D eigenvalue weighted by atomic mass is 32.2. The lowest BCUT2D eigenvalue weighted by molar-refractivity contribution is 0.152. The Balaban J connectivity index is 4.70. The van der Waals surface area contributed by atoms with Gasteiger partial charge in [0.2, 0.25) is 0 Å². The maximum Gasteiger partial charge on any atom is 0.268 e. The lowest BCUT2D eigenvalue weighted by Gasteiger charge is -2.20. The Morgan fingerprint density at radius 3 is 1.14 bits per heavy atom. The Kier molecular flexibility index (Phi) is 9.12. The van der Waals surface area contributed by atoms with Crippen molar-refractivity contribution < 1.29 is 25.2 Å². The third-order valence-corrected chi connectivity index (χ3v) is 6.16. The zero-order valence-electron chi connectivity index (χ0n) is 14.4. The van der Waals surface area contributed by atoms with E-state index in [1.54, 1.807) is 0 Å². The fraction of sp³-hybridized carbons (Fsp3) is 1.00. The molecule has 0 aromatic carbocycles. The van der Waals surface area contributed by atoms with E-state index >= 15 is 0 Å². The molecule has 8 heteroatoms. The average molecular weight is 359 g/mol. The fourth-order valence-electron chi connectivity index (χ4n) is 1.98. The van der Waals surface area contributed by atoms with E-state index in [2.05, 4.69) is 0 Å². The van der Waals surface area contributed by atoms with Crippen LogP contribution in [0.15, 0.2) is 0 Å². The van der Waals surface area contributed by atoms with Crippen LogP contribution in [-0.2, 0) is 28.6 Å². The topological polar surface area (TPSA) is 86.7 Å². The van der Waals surface area contributed by atoms with Crippen molar-refractivity contribution in [3.63, 3.8) is 0 Å². The Morgan fingerprint density at radius 2 is 0.955 bits per heavy atom. The second kappa shape index (κ2) is 9.20. The Bertz CT molecular complexity index is 459. The molecule has 0 spiro atoms. The highest BCUT2D eigenvalue weighted by Gasteiger charge is 2.26. The summed E-state index contributed by atoms with van der Waals surface area (Å²) in [6.07, 6.45) is 0.219. The van der Waals surface area contributed by atoms with Gasteiger partial charge in [0.1, 0.15) is 0 Å². The molecule has 22 heavy (non-hydrogen) atoms. The lowest BCUT2D eigenvalue weighted by Crippen LogP contribution is -2.30. The first-order valence-corrected chi connectivity index (χ1v) is 10.9. The summed E-state index contributed by atoms with van der Waals surface area (Å²) in [5, 5.41) is 0. The second-order valence-corrected chi connectivity index (χ2v) is 9.53. The largest absolute Gasteiger partial charge is 0.268 e. The van der Waals surface area contributed by atoms with Crippen molar-refractivity contribution in [2.45, 2.75) is 66.6 Å². The normalized spacial score (nSPS) is 16.2. The van der Waals surface area contributed by atoms with E-state index in [9.17, 15) is 16.8 Å². The van der Waals surface area contributed by atoms with E-state index in [1.807, 2.05) is 41.5 Å². The first-order valence-electron chi connectivity index (χ1n) is 7.76. The first-order chi connectivity index (χ1) is 9.94. The third-order valence-electron chi connectivity index (χ3n) is 3.42. The maximum absolute atomic E-state index is 11.9. The molecule has 6 nitrogen and oxygen atoms in total. The molecule has 0 heterocycles. The summed E-state index contributed by atoms with van der Waals surface area (Å²) in [5.74, 6) is -1.10. The molecule has 0 saturated carbocycles. The van der Waals surface area contributed by atoms with Crippen LogP contribution in [0, 0.1) is 11.8 Å². The highest BCUT2D eigenvalue weighted by Crippen LogP contribution is 2.16. The molecule has 0 aliphatic carbocycles. The van der Waals surface area contributed by atoms with Crippen molar-refractivity contribution in [3.8, 4) is 0 Å². The summed E-state index contributed by atoms with van der Waals surface area (Å²) in [5.41, 5.74) is 0. The third kappa shape index (κ3) is 8.45. The van der Waals surface area contributed by atoms with Gasteiger partial charge in [0.15, 0.2) is 0 Å². The average Bonchev–Trinajstić information content (AvgIpc) is 2.40. The van der Waals surface area contributed by atoms with Gasteiger partial charge in [0.25, 0.3) is 20.2 Å². The van der Waals surface area contributed by atoms with Crippen molar-refractivity contribution in [2.75, 3.05) is 11.5 Å². The van der Waals surface area contributed by atoms with Gasteiger partial charge in [-0.2, -0.15) is 16.8 Å². The van der Waals surface area contributed by atoms with Crippen LogP contribution < -0.4 is 0 Å². The molecule has 0 aromatic rings. The van der Waals surface area contributed by atoms with Gasteiger partial charge in [-0.25, -0.2) is 0 Å². The predicted octanol–water partition coefficient (Wildman–Crippen LogP) is 2.55. The van der Waals surface area contributed by atoms with Crippen molar-refractivity contribution >= 4 is 20.2 Å². The molecular weight excluding hydrogens is 328 g/mol. The van der Waals surface area contributed by atoms with Crippen molar-refractivity contribution in [1.82, 2.24) is 0 Å². The molecule has 2 unspecified atom stereocenters. The van der Waals surface area contributed by atoms with Gasteiger partial charge < -0.3 is 0 Å². The molecule has 0 bridgehead atoms. The van der Waals surface area contributed by atoms with Gasteiger partial charge in [-0.1, -0.05) is 41.5 Å². The van der Waals surface area contributed by atoms with Crippen molar-refractivity contribution in [3.05, 3.63) is 0 Å². The summed E-state index contributed by atoms with van der Waals surface area (Å²) in [6, 6.07) is 0. The predicted molar refractivity (Wildman–Crippen MR) is 87.6 cm³/mol. The molecule has 0 aliphatic rings. The Labute approximate surface area is 135 Å². The van der Waals surface area contributed by atoms with Gasteiger partial charge in [-0.05, 0) is 24.7 Å². The minimum atomic E-state index is -3.89. The van der Waals surface area contributed by atoms with E-state index in [4.69, 9.17) is 8.37 Å². The van der Waals surface area contributed by atoms with Crippen LogP contribution in [0.4, 0.5) is 0 Å². The zero-order valence-corrected chi connectivity index (χ0v) is 16.0. The van der Waals surface area contributed by atoms with Crippen LogP contribution >= 0.6 is 0 Å². The van der Waals surface area contributed by atoms with Gasteiger partial charge in [0, 0.05) is 0 Å². The van der Waals surface area contributed by atoms with E-state index in [1.165, 1.54) is 0 Å². The van der Waals surface area contributed by atoms with Crippen LogP contribution in [0.25, 0.3) is 0 Å². The Morgan fingerprint density at radius 1 is 0.682 bits per heavy atom. The number of rotatable bonds is 11. The highest BCUT2D eigenvalue weighted by molar-refractivity contribution is 7.90. The standard InChI is InChI=1S/C14H30O6S2/c1-7-13(11(3)4)19-21(15,16)9-10-22(17,18)20-14(8-2)12(5)6/h11-14H,7-10H2,1-6H3. The summed E-state index contributed by atoms with van der Waals surface area (Å²) in [6.45, 7) is 11.1. The van der Waals surface area contributed by atoms with Gasteiger partial charge in [-0.3, -0.25) is 8.37 Å². The zero-order chi connectivity index (χ0) is 17.6. The van der Waals surface area contributed by atoms with Crippen LogP contribution in [0.1, 0.15) is 54.4 Å². The SMILES string of the molecule is CCC(OS(=O)(=O)CCS(=O)(=O)OC(CC)C(C)C)C(C)C. The van der Waals surface area contributed by atoms with Gasteiger partial charge in [-0.15, -0.1) is 0 Å². The molecule has 0 N–H and O–H groups in total. The number of hydrogen-bond acceptors (Lipinski definition) is 6. The van der Waals surface area contributed by atoms with Crippen molar-refractivity contribution in [2.24, 2.45) is 11.8 Å². The van der Waals surface area contributed by atoms with Crippen LogP contribution in [-0.4, -0.2) is 40.5 Å². The molecule has 0 radical (unpaired) electrons. The molecule has 0 aromatic heterocycles. The first kappa shape index (κ1) is 21.8. The smallest absolute Gasteiger partial charge is 0.266 e. The van der Waals surface area contributed by atoms with E-state index in [0.717, 1.165) is 0 Å². The van der Waals surface area contributed by atoms with Crippen LogP contribution in [0.5, 0.6) is 0 Å². The molecule has 0 aliphatic heterocycles. The van der Waals surface area contributed by atoms with Crippen LogP contribution in [0.3, 0.4) is 0 Å². The number of hydrogen-bond donors (Lipinski definition) is 0. The molecule has 0 rings (SSSR count). The van der Waals surface area contributed by atoms with Crippen molar-refractivity contribution in [1.29, 1.82) is 0 Å². The van der Waals surface area contributed by atoms with E-state index in [-0.39, 0.29) is 11.8 Å². The Hall–Kier alpha value is -0.180. The quantitative estimate of drug-likeness (QED) is 0.528. The van der Waals surface area contributed by atoms with Crippen LogP contribution in [0.2, 0.25) is 0 Å². The molecule has 0 saturated heterocycles. The minimum Gasteiger partial charge on any atom is -0.266 e. The minimum absolute atomic E-state index is 0.0399. The molecule has 134 valence electrons. The molecule has 0 amide bonds. The van der Waals surface area contributed by atoms with E-state index in [0.29, 0.717) is 12.8 Å². The molecule has 0 fully saturated rings. The van der Waals surface area contributed by atoms with Gasteiger partial charge in [0.05, 0.1) is 23.7 Å².